The molecule has 4 nitrogen and oxygen atoms in total. The summed E-state index contributed by atoms with van der Waals surface area (Å²) in [6, 6.07) is 26.1. The number of hydrogen-bond acceptors (Lipinski definition) is 3. The number of rotatable bonds is 6. The highest BCUT2D eigenvalue weighted by Gasteiger charge is 2.20. The molecule has 3 aromatic rings. The SMILES string of the molecule is O=C(Cc1ccccc1Br)N1CCCN(Cc2cccc(Oc3ccccc3)c2)CC1. The molecule has 0 radical (unpaired) electrons. The van der Waals surface area contributed by atoms with Crippen LogP contribution >= 0.6 is 15.9 Å². The maximum absolute atomic E-state index is 12.8. The normalized spacial score (nSPS) is 14.8. The Bertz CT molecular complexity index is 1010. The first-order valence-electron chi connectivity index (χ1n) is 10.7. The van der Waals surface area contributed by atoms with E-state index in [0.29, 0.717) is 6.42 Å². The standard InChI is InChI=1S/C26H27BrN2O2/c27-25-13-5-4-9-22(25)19-26(30)29-15-7-14-28(16-17-29)20-21-8-6-12-24(18-21)31-23-10-2-1-3-11-23/h1-6,8-13,18H,7,14-17,19-20H2. The average molecular weight is 479 g/mol. The molecule has 5 heteroatoms. The summed E-state index contributed by atoms with van der Waals surface area (Å²) in [5.74, 6) is 1.89. The first kappa shape index (κ1) is 21.6. The number of benzene rings is 3. The number of nitrogens with zero attached hydrogens (tertiary/aromatic N) is 2. The van der Waals surface area contributed by atoms with Crippen molar-refractivity contribution in [2.45, 2.75) is 19.4 Å². The van der Waals surface area contributed by atoms with Crippen LogP contribution in [0.2, 0.25) is 0 Å². The van der Waals surface area contributed by atoms with Crippen molar-refractivity contribution in [3.63, 3.8) is 0 Å². The van der Waals surface area contributed by atoms with Gasteiger partial charge in [-0.3, -0.25) is 9.69 Å². The largest absolute Gasteiger partial charge is 0.457 e. The fraction of sp³-hybridized carbons (Fsp3) is 0.269. The number of amides is 1. The van der Waals surface area contributed by atoms with Crippen molar-refractivity contribution in [2.24, 2.45) is 0 Å². The van der Waals surface area contributed by atoms with Crippen molar-refractivity contribution < 1.29 is 9.53 Å². The van der Waals surface area contributed by atoms with Crippen LogP contribution in [0.5, 0.6) is 11.5 Å². The molecule has 0 aromatic heterocycles. The Morgan fingerprint density at radius 2 is 1.61 bits per heavy atom. The van der Waals surface area contributed by atoms with Crippen LogP contribution in [0, 0.1) is 0 Å². The van der Waals surface area contributed by atoms with E-state index in [2.05, 4.69) is 33.0 Å². The lowest BCUT2D eigenvalue weighted by Crippen LogP contribution is -2.36. The first-order chi connectivity index (χ1) is 15.2. The zero-order chi connectivity index (χ0) is 21.5. The second-order valence-corrected chi connectivity index (χ2v) is 8.70. The molecule has 31 heavy (non-hydrogen) atoms. The zero-order valence-corrected chi connectivity index (χ0v) is 19.1. The number of carbonyl (C=O) groups excluding carboxylic acids is 1. The molecule has 4 rings (SSSR count). The molecular formula is C26H27BrN2O2. The van der Waals surface area contributed by atoms with Crippen molar-refractivity contribution in [3.05, 3.63) is 94.5 Å². The van der Waals surface area contributed by atoms with Crippen molar-refractivity contribution in [1.29, 1.82) is 0 Å². The molecule has 0 aliphatic carbocycles. The second-order valence-electron chi connectivity index (χ2n) is 7.84. The number of para-hydroxylation sites is 1. The molecule has 1 heterocycles. The van der Waals surface area contributed by atoms with Gasteiger partial charge in [0, 0.05) is 37.2 Å². The molecule has 0 N–H and O–H groups in total. The molecular weight excluding hydrogens is 452 g/mol. The van der Waals surface area contributed by atoms with E-state index in [1.54, 1.807) is 0 Å². The van der Waals surface area contributed by atoms with E-state index >= 15 is 0 Å². The van der Waals surface area contributed by atoms with Crippen LogP contribution in [0.3, 0.4) is 0 Å². The van der Waals surface area contributed by atoms with Crippen LogP contribution in [-0.2, 0) is 17.8 Å². The quantitative estimate of drug-likeness (QED) is 0.467. The fourth-order valence-electron chi connectivity index (χ4n) is 3.89. The third-order valence-corrected chi connectivity index (χ3v) is 6.30. The third kappa shape index (κ3) is 6.18. The highest BCUT2D eigenvalue weighted by Crippen LogP contribution is 2.23. The molecule has 0 atom stereocenters. The molecule has 0 bridgehead atoms. The number of ether oxygens (including phenoxy) is 1. The Kier molecular flexibility index (Phi) is 7.39. The lowest BCUT2D eigenvalue weighted by molar-refractivity contribution is -0.130. The molecule has 0 unspecified atom stereocenters. The monoisotopic (exact) mass is 478 g/mol. The molecule has 3 aromatic carbocycles. The predicted molar refractivity (Wildman–Crippen MR) is 127 cm³/mol. The molecule has 1 amide bonds. The molecule has 0 saturated carbocycles. The van der Waals surface area contributed by atoms with Crippen molar-refractivity contribution in [3.8, 4) is 11.5 Å². The Morgan fingerprint density at radius 3 is 2.45 bits per heavy atom. The van der Waals surface area contributed by atoms with E-state index in [9.17, 15) is 4.79 Å². The fourth-order valence-corrected chi connectivity index (χ4v) is 4.31. The van der Waals surface area contributed by atoms with Gasteiger partial charge >= 0.3 is 0 Å². The van der Waals surface area contributed by atoms with E-state index in [4.69, 9.17) is 4.74 Å². The Balaban J connectivity index is 1.32. The van der Waals surface area contributed by atoms with Crippen LogP contribution in [0.4, 0.5) is 0 Å². The first-order valence-corrected chi connectivity index (χ1v) is 11.5. The Hall–Kier alpha value is -2.63. The van der Waals surface area contributed by atoms with Gasteiger partial charge in [0.15, 0.2) is 0 Å². The van der Waals surface area contributed by atoms with Gasteiger partial charge in [0.1, 0.15) is 11.5 Å². The Morgan fingerprint density at radius 1 is 0.839 bits per heavy atom. The minimum Gasteiger partial charge on any atom is -0.457 e. The summed E-state index contributed by atoms with van der Waals surface area (Å²) in [6.07, 6.45) is 1.43. The van der Waals surface area contributed by atoms with Gasteiger partial charge in [0.2, 0.25) is 5.91 Å². The average Bonchev–Trinajstić information content (AvgIpc) is 3.02. The maximum Gasteiger partial charge on any atom is 0.227 e. The Labute approximate surface area is 192 Å². The van der Waals surface area contributed by atoms with Crippen molar-refractivity contribution in [1.82, 2.24) is 9.80 Å². The number of hydrogen-bond donors (Lipinski definition) is 0. The number of halogens is 1. The predicted octanol–water partition coefficient (Wildman–Crippen LogP) is 5.52. The van der Waals surface area contributed by atoms with Crippen LogP contribution in [0.25, 0.3) is 0 Å². The molecule has 1 fully saturated rings. The highest BCUT2D eigenvalue weighted by molar-refractivity contribution is 9.10. The minimum absolute atomic E-state index is 0.201. The van der Waals surface area contributed by atoms with E-state index in [1.807, 2.05) is 71.6 Å². The zero-order valence-electron chi connectivity index (χ0n) is 17.5. The van der Waals surface area contributed by atoms with Gasteiger partial charge in [-0.1, -0.05) is 64.5 Å². The van der Waals surface area contributed by atoms with Gasteiger partial charge in [-0.05, 0) is 47.9 Å². The van der Waals surface area contributed by atoms with Gasteiger partial charge in [0.25, 0.3) is 0 Å². The molecule has 1 aliphatic heterocycles. The van der Waals surface area contributed by atoms with Crippen molar-refractivity contribution >= 4 is 21.8 Å². The molecule has 1 saturated heterocycles. The lowest BCUT2D eigenvalue weighted by atomic mass is 10.1. The van der Waals surface area contributed by atoms with Gasteiger partial charge < -0.3 is 9.64 Å². The van der Waals surface area contributed by atoms with Crippen LogP contribution < -0.4 is 4.74 Å². The highest BCUT2D eigenvalue weighted by atomic mass is 79.9. The summed E-state index contributed by atoms with van der Waals surface area (Å²) < 4.78 is 6.97. The van der Waals surface area contributed by atoms with Gasteiger partial charge in [0.05, 0.1) is 6.42 Å². The van der Waals surface area contributed by atoms with Crippen LogP contribution in [0.1, 0.15) is 17.5 Å². The van der Waals surface area contributed by atoms with Gasteiger partial charge in [-0.15, -0.1) is 0 Å². The summed E-state index contributed by atoms with van der Waals surface area (Å²) >= 11 is 3.55. The van der Waals surface area contributed by atoms with Crippen LogP contribution in [-0.4, -0.2) is 41.9 Å². The minimum atomic E-state index is 0.201. The van der Waals surface area contributed by atoms with Crippen molar-refractivity contribution in [2.75, 3.05) is 26.2 Å². The summed E-state index contributed by atoms with van der Waals surface area (Å²) in [4.78, 5) is 17.3. The summed E-state index contributed by atoms with van der Waals surface area (Å²) in [7, 11) is 0. The summed E-state index contributed by atoms with van der Waals surface area (Å²) in [5, 5.41) is 0. The van der Waals surface area contributed by atoms with Gasteiger partial charge in [-0.25, -0.2) is 0 Å². The molecule has 1 aliphatic rings. The second kappa shape index (κ2) is 10.6. The van der Waals surface area contributed by atoms with E-state index in [1.165, 1.54) is 5.56 Å². The van der Waals surface area contributed by atoms with E-state index < -0.39 is 0 Å². The van der Waals surface area contributed by atoms with E-state index in [-0.39, 0.29) is 5.91 Å². The van der Waals surface area contributed by atoms with Gasteiger partial charge in [-0.2, -0.15) is 0 Å². The summed E-state index contributed by atoms with van der Waals surface area (Å²) in [5.41, 5.74) is 2.27. The maximum atomic E-state index is 12.8. The lowest BCUT2D eigenvalue weighted by Gasteiger charge is -2.22. The van der Waals surface area contributed by atoms with E-state index in [0.717, 1.165) is 60.7 Å². The third-order valence-electron chi connectivity index (χ3n) is 5.52. The molecule has 0 spiro atoms. The number of carbonyl (C=O) groups is 1. The topological polar surface area (TPSA) is 32.8 Å². The molecule has 160 valence electrons. The smallest absolute Gasteiger partial charge is 0.227 e. The van der Waals surface area contributed by atoms with Crippen LogP contribution in [0.15, 0.2) is 83.3 Å². The summed E-state index contributed by atoms with van der Waals surface area (Å²) in [6.45, 7) is 4.31.